The molecule has 3 aromatic rings. The number of aromatic nitrogens is 1. The molecule has 0 fully saturated rings. The minimum absolute atomic E-state index is 0.00223. The van der Waals surface area contributed by atoms with E-state index in [1.54, 1.807) is 0 Å². The molecule has 0 N–H and O–H groups in total. The SMILES string of the molecule is Cc1c(C(=O)c2ccccc2)ncc2c1CN(Cc1ccccc1)C2. The van der Waals surface area contributed by atoms with Crippen LogP contribution in [-0.4, -0.2) is 15.7 Å². The van der Waals surface area contributed by atoms with Crippen molar-refractivity contribution in [1.29, 1.82) is 0 Å². The van der Waals surface area contributed by atoms with Crippen molar-refractivity contribution in [1.82, 2.24) is 9.88 Å². The zero-order valence-corrected chi connectivity index (χ0v) is 14.3. The molecule has 0 amide bonds. The molecule has 1 aliphatic heterocycles. The summed E-state index contributed by atoms with van der Waals surface area (Å²) in [5.74, 6) is 0.00223. The lowest BCUT2D eigenvalue weighted by molar-refractivity contribution is 0.103. The summed E-state index contributed by atoms with van der Waals surface area (Å²) in [6.07, 6.45) is 1.88. The van der Waals surface area contributed by atoms with Crippen LogP contribution >= 0.6 is 0 Å². The number of benzene rings is 2. The van der Waals surface area contributed by atoms with Crippen molar-refractivity contribution in [3.8, 4) is 0 Å². The third-order valence-electron chi connectivity index (χ3n) is 4.82. The standard InChI is InChI=1S/C22H20N2O/c1-16-20-15-24(13-17-8-4-2-5-9-17)14-19(20)12-23-21(16)22(25)18-10-6-3-7-11-18/h2-12H,13-15H2,1H3. The number of fused-ring (bicyclic) bond motifs is 1. The molecule has 0 atom stereocenters. The molecule has 2 heterocycles. The highest BCUT2D eigenvalue weighted by molar-refractivity contribution is 6.08. The van der Waals surface area contributed by atoms with Gasteiger partial charge in [0.15, 0.2) is 0 Å². The first kappa shape index (κ1) is 15.7. The van der Waals surface area contributed by atoms with E-state index in [-0.39, 0.29) is 5.78 Å². The average molecular weight is 328 g/mol. The van der Waals surface area contributed by atoms with Gasteiger partial charge >= 0.3 is 0 Å². The highest BCUT2D eigenvalue weighted by Crippen LogP contribution is 2.28. The Bertz CT molecular complexity index is 904. The maximum atomic E-state index is 12.8. The fraction of sp³-hybridized carbons (Fsp3) is 0.182. The van der Waals surface area contributed by atoms with Crippen LogP contribution in [0.2, 0.25) is 0 Å². The van der Waals surface area contributed by atoms with Crippen LogP contribution in [0, 0.1) is 6.92 Å². The van der Waals surface area contributed by atoms with Gasteiger partial charge in [-0.2, -0.15) is 0 Å². The highest BCUT2D eigenvalue weighted by atomic mass is 16.1. The first-order valence-electron chi connectivity index (χ1n) is 8.56. The largest absolute Gasteiger partial charge is 0.290 e. The maximum absolute atomic E-state index is 12.8. The predicted octanol–water partition coefficient (Wildman–Crippen LogP) is 4.14. The van der Waals surface area contributed by atoms with Gasteiger partial charge in [0.2, 0.25) is 5.78 Å². The lowest BCUT2D eigenvalue weighted by atomic mass is 9.99. The second kappa shape index (κ2) is 6.61. The fourth-order valence-electron chi connectivity index (χ4n) is 3.49. The van der Waals surface area contributed by atoms with Crippen LogP contribution in [-0.2, 0) is 19.6 Å². The number of hydrogen-bond acceptors (Lipinski definition) is 3. The van der Waals surface area contributed by atoms with Crippen LogP contribution in [0.3, 0.4) is 0 Å². The Hall–Kier alpha value is -2.78. The highest BCUT2D eigenvalue weighted by Gasteiger charge is 2.25. The molecule has 124 valence electrons. The summed E-state index contributed by atoms with van der Waals surface area (Å²) >= 11 is 0. The van der Waals surface area contributed by atoms with Gasteiger partial charge in [-0.3, -0.25) is 14.7 Å². The molecule has 0 bridgehead atoms. The number of rotatable bonds is 4. The number of pyridine rings is 1. The molecule has 0 saturated carbocycles. The molecule has 3 nitrogen and oxygen atoms in total. The van der Waals surface area contributed by atoms with Crippen LogP contribution in [0.15, 0.2) is 66.9 Å². The van der Waals surface area contributed by atoms with Crippen molar-refractivity contribution in [3.63, 3.8) is 0 Å². The first-order chi connectivity index (χ1) is 12.2. The second-order valence-electron chi connectivity index (χ2n) is 6.56. The molecular formula is C22H20N2O. The van der Waals surface area contributed by atoms with Crippen LogP contribution in [0.25, 0.3) is 0 Å². The lowest BCUT2D eigenvalue weighted by Crippen LogP contribution is -2.15. The van der Waals surface area contributed by atoms with E-state index in [0.717, 1.165) is 25.2 Å². The van der Waals surface area contributed by atoms with E-state index in [1.165, 1.54) is 16.7 Å². The molecule has 0 radical (unpaired) electrons. The predicted molar refractivity (Wildman–Crippen MR) is 98.2 cm³/mol. The van der Waals surface area contributed by atoms with Gasteiger partial charge in [-0.1, -0.05) is 60.7 Å². The Kier molecular flexibility index (Phi) is 4.16. The maximum Gasteiger partial charge on any atom is 0.211 e. The molecule has 0 spiro atoms. The summed E-state index contributed by atoms with van der Waals surface area (Å²) < 4.78 is 0. The van der Waals surface area contributed by atoms with Crippen LogP contribution in [0.4, 0.5) is 0 Å². The summed E-state index contributed by atoms with van der Waals surface area (Å²) in [4.78, 5) is 19.6. The Balaban J connectivity index is 1.59. The van der Waals surface area contributed by atoms with Crippen molar-refractivity contribution < 1.29 is 4.79 Å². The second-order valence-corrected chi connectivity index (χ2v) is 6.56. The van der Waals surface area contributed by atoms with Crippen molar-refractivity contribution in [2.24, 2.45) is 0 Å². The Morgan fingerprint density at radius 2 is 1.68 bits per heavy atom. The van der Waals surface area contributed by atoms with Crippen molar-refractivity contribution in [2.75, 3.05) is 0 Å². The summed E-state index contributed by atoms with van der Waals surface area (Å²) in [7, 11) is 0. The smallest absolute Gasteiger partial charge is 0.211 e. The molecule has 4 rings (SSSR count). The lowest BCUT2D eigenvalue weighted by Gasteiger charge is -2.14. The Morgan fingerprint density at radius 1 is 1.00 bits per heavy atom. The number of hydrogen-bond donors (Lipinski definition) is 0. The summed E-state index contributed by atoms with van der Waals surface area (Å²) in [5.41, 5.74) is 6.08. The third kappa shape index (κ3) is 3.11. The summed E-state index contributed by atoms with van der Waals surface area (Å²) in [5, 5.41) is 0. The molecule has 0 aliphatic carbocycles. The minimum Gasteiger partial charge on any atom is -0.290 e. The van der Waals surface area contributed by atoms with Crippen LogP contribution < -0.4 is 0 Å². The molecule has 3 heteroatoms. The average Bonchev–Trinajstić information content (AvgIpc) is 3.06. The number of ketones is 1. The van der Waals surface area contributed by atoms with E-state index in [9.17, 15) is 4.79 Å². The zero-order chi connectivity index (χ0) is 17.2. The van der Waals surface area contributed by atoms with Gasteiger partial charge in [-0.15, -0.1) is 0 Å². The molecule has 1 aliphatic rings. The van der Waals surface area contributed by atoms with Gasteiger partial charge in [0.05, 0.1) is 0 Å². The quantitative estimate of drug-likeness (QED) is 0.675. The molecule has 0 unspecified atom stereocenters. The van der Waals surface area contributed by atoms with Gasteiger partial charge < -0.3 is 0 Å². The third-order valence-corrected chi connectivity index (χ3v) is 4.82. The molecule has 25 heavy (non-hydrogen) atoms. The molecule has 2 aromatic carbocycles. The fourth-order valence-corrected chi connectivity index (χ4v) is 3.49. The van der Waals surface area contributed by atoms with Gasteiger partial charge in [-0.05, 0) is 29.2 Å². The van der Waals surface area contributed by atoms with Crippen molar-refractivity contribution in [2.45, 2.75) is 26.6 Å². The number of carbonyl (C=O) groups is 1. The van der Waals surface area contributed by atoms with E-state index < -0.39 is 0 Å². The topological polar surface area (TPSA) is 33.2 Å². The summed E-state index contributed by atoms with van der Waals surface area (Å²) in [6, 6.07) is 19.9. The Morgan fingerprint density at radius 3 is 2.40 bits per heavy atom. The van der Waals surface area contributed by atoms with E-state index in [4.69, 9.17) is 0 Å². The van der Waals surface area contributed by atoms with E-state index in [2.05, 4.69) is 34.1 Å². The van der Waals surface area contributed by atoms with E-state index in [1.807, 2.05) is 49.5 Å². The van der Waals surface area contributed by atoms with Crippen LogP contribution in [0.1, 0.15) is 38.3 Å². The molecular weight excluding hydrogens is 308 g/mol. The van der Waals surface area contributed by atoms with E-state index in [0.29, 0.717) is 11.3 Å². The number of nitrogens with zero attached hydrogens (tertiary/aromatic N) is 2. The van der Waals surface area contributed by atoms with Gasteiger partial charge in [-0.25, -0.2) is 0 Å². The van der Waals surface area contributed by atoms with Gasteiger partial charge in [0.25, 0.3) is 0 Å². The van der Waals surface area contributed by atoms with Crippen LogP contribution in [0.5, 0.6) is 0 Å². The summed E-state index contributed by atoms with van der Waals surface area (Å²) in [6.45, 7) is 4.69. The zero-order valence-electron chi connectivity index (χ0n) is 14.3. The van der Waals surface area contributed by atoms with Gasteiger partial charge in [0, 0.05) is 31.4 Å². The molecule has 0 saturated heterocycles. The van der Waals surface area contributed by atoms with Crippen molar-refractivity contribution >= 4 is 5.78 Å². The first-order valence-corrected chi connectivity index (χ1v) is 8.56. The van der Waals surface area contributed by atoms with E-state index >= 15 is 0 Å². The minimum atomic E-state index is 0.00223. The number of carbonyl (C=O) groups excluding carboxylic acids is 1. The van der Waals surface area contributed by atoms with Crippen molar-refractivity contribution in [3.05, 3.63) is 100 Å². The molecule has 1 aromatic heterocycles. The normalized spacial score (nSPS) is 13.6. The monoisotopic (exact) mass is 328 g/mol. The van der Waals surface area contributed by atoms with Gasteiger partial charge in [0.1, 0.15) is 5.69 Å². The Labute approximate surface area is 148 Å².